The van der Waals surface area contributed by atoms with Gasteiger partial charge in [-0.2, -0.15) is 23.3 Å². The van der Waals surface area contributed by atoms with E-state index in [1.165, 1.54) is 12.1 Å². The fourth-order valence-electron chi connectivity index (χ4n) is 2.37. The van der Waals surface area contributed by atoms with E-state index in [1.54, 1.807) is 0 Å². The van der Waals surface area contributed by atoms with Gasteiger partial charge in [0.15, 0.2) is 29.0 Å². The summed E-state index contributed by atoms with van der Waals surface area (Å²) >= 11 is 6.20. The second-order valence-electron chi connectivity index (χ2n) is 5.96. The minimum Gasteiger partial charge on any atom is -0.424 e. The van der Waals surface area contributed by atoms with Crippen LogP contribution < -0.4 is 9.75 Å². The van der Waals surface area contributed by atoms with Crippen LogP contribution in [0, 0.1) is 23.3 Å². The molecule has 0 radical (unpaired) electrons. The zero-order valence-electron chi connectivity index (χ0n) is 15.8. The van der Waals surface area contributed by atoms with Crippen LogP contribution in [0.4, 0.5) is 36.4 Å². The van der Waals surface area contributed by atoms with Crippen molar-refractivity contribution >= 4 is 55.6 Å². The van der Waals surface area contributed by atoms with Crippen molar-refractivity contribution in [3.05, 3.63) is 55.5 Å². The summed E-state index contributed by atoms with van der Waals surface area (Å²) in [5, 5.41) is 3.31. The number of hydrogen-bond acceptors (Lipinski definition) is 4. The van der Waals surface area contributed by atoms with Crippen LogP contribution in [0.3, 0.4) is 0 Å². The zero-order valence-corrected chi connectivity index (χ0v) is 18.9. The summed E-state index contributed by atoms with van der Waals surface area (Å²) < 4.78 is 99.9. The van der Waals surface area contributed by atoms with Gasteiger partial charge in [0.2, 0.25) is 5.91 Å². The number of rotatable bonds is 4. The maximum absolute atomic E-state index is 14.3. The Bertz CT molecular complexity index is 1080. The van der Waals surface area contributed by atoms with Crippen LogP contribution in [-0.4, -0.2) is 18.1 Å². The Morgan fingerprint density at radius 2 is 1.44 bits per heavy atom. The first kappa shape index (κ1) is 25.8. The van der Waals surface area contributed by atoms with Gasteiger partial charge in [0.1, 0.15) is 11.3 Å². The molecule has 0 saturated carbocycles. The molecule has 0 fully saturated rings. The maximum Gasteiger partial charge on any atom is 0.422 e. The molecule has 2 rings (SSSR count). The smallest absolute Gasteiger partial charge is 0.422 e. The number of esters is 1. The van der Waals surface area contributed by atoms with Gasteiger partial charge in [0.25, 0.3) is 0 Å². The summed E-state index contributed by atoms with van der Waals surface area (Å²) in [4.78, 5) is 22.9. The van der Waals surface area contributed by atoms with Crippen molar-refractivity contribution in [1.29, 1.82) is 0 Å². The highest BCUT2D eigenvalue weighted by Crippen LogP contribution is 2.40. The third kappa shape index (κ3) is 5.28. The number of benzene rings is 2. The second-order valence-corrected chi connectivity index (χ2v) is 7.67. The van der Waals surface area contributed by atoms with Gasteiger partial charge in [0, 0.05) is 13.8 Å². The molecule has 0 saturated heterocycles. The Morgan fingerprint density at radius 3 is 1.81 bits per heavy atom. The van der Waals surface area contributed by atoms with Crippen LogP contribution in [0.2, 0.25) is 0 Å². The number of hydrogen-bond donors (Lipinski definition) is 0. The van der Waals surface area contributed by atoms with Crippen molar-refractivity contribution in [1.82, 2.24) is 0 Å². The SMILES string of the molecule is CC(=O)Oc1c(Br)cc(/C=N\N(C(C)=O)c2c(F)c(F)c(C(F)(F)F)c(F)c2F)cc1Br. The Kier molecular flexibility index (Phi) is 7.71. The van der Waals surface area contributed by atoms with Crippen LogP contribution in [0.25, 0.3) is 0 Å². The van der Waals surface area contributed by atoms with Gasteiger partial charge in [0.05, 0.1) is 15.2 Å². The van der Waals surface area contributed by atoms with Crippen LogP contribution in [0.1, 0.15) is 25.0 Å². The maximum atomic E-state index is 14.3. The standard InChI is InChI=1S/C18H9Br2F7N2O3/c1-6(30)29(16-14(23)12(21)11(18(25,26)27)13(22)15(16)24)28-5-8-3-9(19)17(10(20)4-8)32-7(2)31/h3-5H,1-2H3/b28-5-. The highest BCUT2D eigenvalue weighted by atomic mass is 79.9. The van der Waals surface area contributed by atoms with Gasteiger partial charge in [-0.15, -0.1) is 0 Å². The van der Waals surface area contributed by atoms with Gasteiger partial charge in [-0.1, -0.05) is 0 Å². The Balaban J connectivity index is 2.59. The highest BCUT2D eigenvalue weighted by molar-refractivity contribution is 9.11. The number of amides is 1. The van der Waals surface area contributed by atoms with Crippen molar-refractivity contribution in [3.63, 3.8) is 0 Å². The van der Waals surface area contributed by atoms with E-state index in [2.05, 4.69) is 37.0 Å². The van der Waals surface area contributed by atoms with Crippen molar-refractivity contribution in [2.24, 2.45) is 5.10 Å². The van der Waals surface area contributed by atoms with Gasteiger partial charge < -0.3 is 4.74 Å². The molecule has 1 amide bonds. The van der Waals surface area contributed by atoms with Gasteiger partial charge >= 0.3 is 12.1 Å². The van der Waals surface area contributed by atoms with Crippen molar-refractivity contribution in [3.8, 4) is 5.75 Å². The quantitative estimate of drug-likeness (QED) is 0.108. The van der Waals surface area contributed by atoms with E-state index in [0.717, 1.165) is 13.1 Å². The molecule has 5 nitrogen and oxygen atoms in total. The molecule has 0 spiro atoms. The molecule has 2 aromatic rings. The third-order valence-corrected chi connectivity index (χ3v) is 4.80. The Morgan fingerprint density at radius 1 is 0.969 bits per heavy atom. The largest absolute Gasteiger partial charge is 0.424 e. The molecule has 32 heavy (non-hydrogen) atoms. The van der Waals surface area contributed by atoms with E-state index in [9.17, 15) is 40.3 Å². The molecule has 0 heterocycles. The zero-order chi connectivity index (χ0) is 24.5. The Labute approximate surface area is 192 Å². The normalized spacial score (nSPS) is 11.7. The first-order valence-electron chi connectivity index (χ1n) is 8.12. The first-order chi connectivity index (χ1) is 14.7. The fraction of sp³-hybridized carbons (Fsp3) is 0.167. The molecule has 0 aliphatic heterocycles. The van der Waals surface area contributed by atoms with Gasteiger partial charge in [-0.3, -0.25) is 9.59 Å². The number of carbonyl (C=O) groups is 2. The van der Waals surface area contributed by atoms with Crippen molar-refractivity contribution in [2.45, 2.75) is 20.0 Å². The van der Waals surface area contributed by atoms with Crippen LogP contribution in [0.5, 0.6) is 5.75 Å². The number of carbonyl (C=O) groups excluding carboxylic acids is 2. The molecular weight excluding hydrogens is 585 g/mol. The van der Waals surface area contributed by atoms with E-state index in [4.69, 9.17) is 4.74 Å². The van der Waals surface area contributed by atoms with E-state index in [-0.39, 0.29) is 25.3 Å². The van der Waals surface area contributed by atoms with Crippen molar-refractivity contribution < 1.29 is 45.1 Å². The van der Waals surface area contributed by atoms with E-state index in [1.807, 2.05) is 0 Å². The monoisotopic (exact) mass is 592 g/mol. The summed E-state index contributed by atoms with van der Waals surface area (Å²) in [5.74, 6) is -12.2. The topological polar surface area (TPSA) is 59.0 Å². The predicted molar refractivity (Wildman–Crippen MR) is 105 cm³/mol. The molecule has 0 bridgehead atoms. The van der Waals surface area contributed by atoms with E-state index >= 15 is 0 Å². The second kappa shape index (κ2) is 9.57. The van der Waals surface area contributed by atoms with Crippen LogP contribution in [-0.2, 0) is 15.8 Å². The average molecular weight is 594 g/mol. The highest BCUT2D eigenvalue weighted by Gasteiger charge is 2.43. The third-order valence-electron chi connectivity index (χ3n) is 3.62. The summed E-state index contributed by atoms with van der Waals surface area (Å²) in [7, 11) is 0. The number of anilines is 1. The molecule has 0 atom stereocenters. The first-order valence-corrected chi connectivity index (χ1v) is 9.70. The molecule has 0 aromatic heterocycles. The lowest BCUT2D eigenvalue weighted by Crippen LogP contribution is -2.27. The van der Waals surface area contributed by atoms with Crippen molar-refractivity contribution in [2.75, 3.05) is 5.01 Å². The van der Waals surface area contributed by atoms with E-state index in [0.29, 0.717) is 6.92 Å². The molecule has 0 unspecified atom stereocenters. The molecule has 14 heteroatoms. The number of alkyl halides is 3. The summed E-state index contributed by atoms with van der Waals surface area (Å²) in [6.45, 7) is 1.85. The molecule has 0 N–H and O–H groups in total. The molecular formula is C18H9Br2F7N2O3. The summed E-state index contributed by atoms with van der Waals surface area (Å²) in [6, 6.07) is 2.59. The molecule has 0 aliphatic carbocycles. The minimum absolute atomic E-state index is 0.0713. The predicted octanol–water partition coefficient (Wildman–Crippen LogP) is 6.10. The number of ether oxygens (including phenoxy) is 1. The Hall–Kier alpha value is -2.48. The minimum atomic E-state index is -5.74. The number of halogens is 9. The molecule has 2 aromatic carbocycles. The summed E-state index contributed by atoms with van der Waals surface area (Å²) in [5.41, 5.74) is -4.43. The lowest BCUT2D eigenvalue weighted by atomic mass is 10.1. The van der Waals surface area contributed by atoms with E-state index < -0.39 is 52.6 Å². The lowest BCUT2D eigenvalue weighted by Gasteiger charge is -2.19. The van der Waals surface area contributed by atoms with Crippen LogP contribution >= 0.6 is 31.9 Å². The molecule has 172 valence electrons. The van der Waals surface area contributed by atoms with Gasteiger partial charge in [-0.25, -0.2) is 17.6 Å². The number of nitrogens with zero attached hydrogens (tertiary/aromatic N) is 2. The molecule has 0 aliphatic rings. The van der Waals surface area contributed by atoms with Crippen LogP contribution in [0.15, 0.2) is 26.2 Å². The average Bonchev–Trinajstić information content (AvgIpc) is 2.64. The van der Waals surface area contributed by atoms with Gasteiger partial charge in [-0.05, 0) is 49.6 Å². The number of hydrazone groups is 1. The fourth-order valence-corrected chi connectivity index (χ4v) is 3.75. The summed E-state index contributed by atoms with van der Waals surface area (Å²) in [6.07, 6.45) is -4.91. The lowest BCUT2D eigenvalue weighted by molar-refractivity contribution is -0.143.